The summed E-state index contributed by atoms with van der Waals surface area (Å²) in [5, 5.41) is 0. The van der Waals surface area contributed by atoms with E-state index < -0.39 is 35.3 Å². The van der Waals surface area contributed by atoms with E-state index >= 15 is 0 Å². The molecule has 0 radical (unpaired) electrons. The Morgan fingerprint density at radius 2 is 1.83 bits per heavy atom. The van der Waals surface area contributed by atoms with Crippen molar-refractivity contribution in [3.63, 3.8) is 0 Å². The zero-order chi connectivity index (χ0) is 14.1. The number of carbonyl (C=O) groups is 1. The molecule has 0 saturated heterocycles. The molecule has 0 aliphatic heterocycles. The van der Waals surface area contributed by atoms with Crippen LogP contribution in [0.25, 0.3) is 0 Å². The first-order valence-electron chi connectivity index (χ1n) is 5.31. The summed E-state index contributed by atoms with van der Waals surface area (Å²) in [6.45, 7) is 3.14. The number of hydrogen-bond donors (Lipinski definition) is 1. The number of rotatable bonds is 3. The quantitative estimate of drug-likeness (QED) is 0.673. The van der Waals surface area contributed by atoms with Gasteiger partial charge in [0.1, 0.15) is 5.82 Å². The zero-order valence-electron chi connectivity index (χ0n) is 9.88. The highest BCUT2D eigenvalue weighted by atomic mass is 19.4. The molecule has 0 fully saturated rings. The largest absolute Gasteiger partial charge is 0.419 e. The fourth-order valence-corrected chi connectivity index (χ4v) is 1.40. The van der Waals surface area contributed by atoms with Crippen molar-refractivity contribution >= 4 is 5.78 Å². The summed E-state index contributed by atoms with van der Waals surface area (Å²) in [4.78, 5) is 11.8. The number of Topliss-reactive ketones (excluding diaryl/α,β-unsaturated/α-hetero) is 1. The topological polar surface area (TPSA) is 43.1 Å². The van der Waals surface area contributed by atoms with Crippen LogP contribution in [0.2, 0.25) is 0 Å². The minimum atomic E-state index is -4.77. The number of hydrogen-bond acceptors (Lipinski definition) is 2. The summed E-state index contributed by atoms with van der Waals surface area (Å²) in [6.07, 6.45) is -4.77. The molecule has 0 saturated carbocycles. The van der Waals surface area contributed by atoms with Gasteiger partial charge in [-0.2, -0.15) is 13.2 Å². The van der Waals surface area contributed by atoms with Gasteiger partial charge in [0.15, 0.2) is 5.78 Å². The lowest BCUT2D eigenvalue weighted by Crippen LogP contribution is -2.30. The summed E-state index contributed by atoms with van der Waals surface area (Å²) < 4.78 is 50.2. The maximum absolute atomic E-state index is 13.3. The molecule has 1 rings (SSSR count). The van der Waals surface area contributed by atoms with Crippen molar-refractivity contribution in [1.29, 1.82) is 0 Å². The monoisotopic (exact) mass is 263 g/mol. The highest BCUT2D eigenvalue weighted by molar-refractivity contribution is 5.98. The Morgan fingerprint density at radius 1 is 1.28 bits per heavy atom. The lowest BCUT2D eigenvalue weighted by Gasteiger charge is -2.15. The van der Waals surface area contributed by atoms with E-state index in [1.165, 1.54) is 0 Å². The van der Waals surface area contributed by atoms with E-state index in [9.17, 15) is 22.4 Å². The molecule has 0 aliphatic rings. The molecule has 0 heterocycles. The normalized spacial score (nSPS) is 15.3. The SMILES string of the molecule is CC(N)C(C)C(=O)c1ccc(C(F)(F)F)c(F)c1. The van der Waals surface area contributed by atoms with Crippen molar-refractivity contribution in [3.8, 4) is 0 Å². The Morgan fingerprint density at radius 3 is 2.22 bits per heavy atom. The van der Waals surface area contributed by atoms with Crippen molar-refractivity contribution in [2.24, 2.45) is 11.7 Å². The molecule has 2 N–H and O–H groups in total. The summed E-state index contributed by atoms with van der Waals surface area (Å²) in [5.74, 6) is -2.51. The number of carbonyl (C=O) groups excluding carboxylic acids is 1. The molecule has 1 aromatic rings. The van der Waals surface area contributed by atoms with Crippen molar-refractivity contribution in [3.05, 3.63) is 35.1 Å². The van der Waals surface area contributed by atoms with Gasteiger partial charge in [-0.05, 0) is 19.1 Å². The van der Waals surface area contributed by atoms with Crippen LogP contribution in [0, 0.1) is 11.7 Å². The predicted molar refractivity (Wildman–Crippen MR) is 58.5 cm³/mol. The second-order valence-corrected chi connectivity index (χ2v) is 4.20. The number of halogens is 4. The molecule has 2 unspecified atom stereocenters. The average Bonchev–Trinajstić information content (AvgIpc) is 2.24. The van der Waals surface area contributed by atoms with Crippen LogP contribution in [0.15, 0.2) is 18.2 Å². The predicted octanol–water partition coefficient (Wildman–Crippen LogP) is 3.01. The number of alkyl halides is 3. The van der Waals surface area contributed by atoms with E-state index in [2.05, 4.69) is 0 Å². The Hall–Kier alpha value is -1.43. The lowest BCUT2D eigenvalue weighted by atomic mass is 9.93. The van der Waals surface area contributed by atoms with Crippen molar-refractivity contribution in [2.75, 3.05) is 0 Å². The van der Waals surface area contributed by atoms with Crippen LogP contribution in [0.1, 0.15) is 29.8 Å². The van der Waals surface area contributed by atoms with Crippen LogP contribution in [0.5, 0.6) is 0 Å². The van der Waals surface area contributed by atoms with Crippen LogP contribution in [-0.4, -0.2) is 11.8 Å². The van der Waals surface area contributed by atoms with E-state index in [0.29, 0.717) is 12.1 Å². The second-order valence-electron chi connectivity index (χ2n) is 4.20. The third-order valence-corrected chi connectivity index (χ3v) is 2.76. The van der Waals surface area contributed by atoms with Crippen LogP contribution < -0.4 is 5.73 Å². The van der Waals surface area contributed by atoms with Gasteiger partial charge in [0, 0.05) is 17.5 Å². The van der Waals surface area contributed by atoms with Crippen molar-refractivity contribution in [2.45, 2.75) is 26.1 Å². The number of ketones is 1. The van der Waals surface area contributed by atoms with Crippen LogP contribution in [-0.2, 0) is 6.18 Å². The lowest BCUT2D eigenvalue weighted by molar-refractivity contribution is -0.140. The first-order chi connectivity index (χ1) is 8.14. The first-order valence-corrected chi connectivity index (χ1v) is 5.31. The van der Waals surface area contributed by atoms with Gasteiger partial charge in [-0.25, -0.2) is 4.39 Å². The Labute approximate surface area is 102 Å². The van der Waals surface area contributed by atoms with Gasteiger partial charge >= 0.3 is 6.18 Å². The van der Waals surface area contributed by atoms with Gasteiger partial charge in [-0.15, -0.1) is 0 Å². The van der Waals surface area contributed by atoms with E-state index in [1.807, 2.05) is 0 Å². The van der Waals surface area contributed by atoms with E-state index in [0.717, 1.165) is 6.07 Å². The molecule has 2 nitrogen and oxygen atoms in total. The number of nitrogens with two attached hydrogens (primary N) is 1. The molecule has 0 amide bonds. The van der Waals surface area contributed by atoms with E-state index in [1.54, 1.807) is 13.8 Å². The summed E-state index contributed by atoms with van der Waals surface area (Å²) >= 11 is 0. The van der Waals surface area contributed by atoms with Crippen molar-refractivity contribution < 1.29 is 22.4 Å². The minimum Gasteiger partial charge on any atom is -0.327 e. The zero-order valence-corrected chi connectivity index (χ0v) is 9.88. The summed E-state index contributed by atoms with van der Waals surface area (Å²) in [5.41, 5.74) is 4.03. The molecule has 0 bridgehead atoms. The van der Waals surface area contributed by atoms with Crippen molar-refractivity contribution in [1.82, 2.24) is 0 Å². The maximum Gasteiger partial charge on any atom is 0.419 e. The third kappa shape index (κ3) is 3.07. The molecule has 18 heavy (non-hydrogen) atoms. The van der Waals surface area contributed by atoms with Crippen LogP contribution >= 0.6 is 0 Å². The van der Waals surface area contributed by atoms with E-state index in [4.69, 9.17) is 5.73 Å². The van der Waals surface area contributed by atoms with Crippen LogP contribution in [0.4, 0.5) is 17.6 Å². The Kier molecular flexibility index (Phi) is 4.11. The fourth-order valence-electron chi connectivity index (χ4n) is 1.40. The smallest absolute Gasteiger partial charge is 0.327 e. The molecule has 2 atom stereocenters. The number of benzene rings is 1. The first kappa shape index (κ1) is 14.6. The molecule has 0 spiro atoms. The van der Waals surface area contributed by atoms with Gasteiger partial charge in [-0.3, -0.25) is 4.79 Å². The maximum atomic E-state index is 13.3. The van der Waals surface area contributed by atoms with E-state index in [-0.39, 0.29) is 5.56 Å². The molecular weight excluding hydrogens is 250 g/mol. The second kappa shape index (κ2) is 5.06. The molecule has 100 valence electrons. The molecule has 0 aliphatic carbocycles. The third-order valence-electron chi connectivity index (χ3n) is 2.76. The van der Waals surface area contributed by atoms with Gasteiger partial charge in [-0.1, -0.05) is 13.0 Å². The molecular formula is C12H13F4NO. The fraction of sp³-hybridized carbons (Fsp3) is 0.417. The highest BCUT2D eigenvalue weighted by Crippen LogP contribution is 2.31. The van der Waals surface area contributed by atoms with Crippen LogP contribution in [0.3, 0.4) is 0 Å². The van der Waals surface area contributed by atoms with Gasteiger partial charge < -0.3 is 5.73 Å². The summed E-state index contributed by atoms with van der Waals surface area (Å²) in [7, 11) is 0. The van der Waals surface area contributed by atoms with Gasteiger partial charge in [0.2, 0.25) is 0 Å². The van der Waals surface area contributed by atoms with Gasteiger partial charge in [0.25, 0.3) is 0 Å². The standard InChI is InChI=1S/C12H13F4NO/c1-6(7(2)17)11(18)8-3-4-9(10(13)5-8)12(14,15)16/h3-7H,17H2,1-2H3. The molecule has 1 aromatic carbocycles. The average molecular weight is 263 g/mol. The summed E-state index contributed by atoms with van der Waals surface area (Å²) in [6, 6.07) is 1.68. The van der Waals surface area contributed by atoms with Gasteiger partial charge in [0.05, 0.1) is 5.56 Å². The molecule has 6 heteroatoms. The highest BCUT2D eigenvalue weighted by Gasteiger charge is 2.34. The molecule has 0 aromatic heterocycles. The minimum absolute atomic E-state index is 0.106. The Bertz CT molecular complexity index is 454. The Balaban J connectivity index is 3.09.